The number of fused-ring (bicyclic) bond motifs is 2. The molecule has 5 nitrogen and oxygen atoms in total. The van der Waals surface area contributed by atoms with Crippen molar-refractivity contribution in [1.29, 1.82) is 0 Å². The molecule has 0 atom stereocenters. The van der Waals surface area contributed by atoms with Gasteiger partial charge in [0.25, 0.3) is 0 Å². The molecule has 0 saturated heterocycles. The minimum atomic E-state index is 0.642. The Morgan fingerprint density at radius 1 is 0.903 bits per heavy atom. The molecule has 0 aliphatic carbocycles. The Bertz CT molecular complexity index is 1480. The van der Waals surface area contributed by atoms with Gasteiger partial charge < -0.3 is 13.9 Å². The molecule has 0 N–H and O–H groups in total. The van der Waals surface area contributed by atoms with E-state index in [0.717, 1.165) is 37.2 Å². The van der Waals surface area contributed by atoms with Crippen LogP contribution >= 0.6 is 11.3 Å². The first-order valence-electron chi connectivity index (χ1n) is 9.82. The third-order valence-electron chi connectivity index (χ3n) is 5.07. The second kappa shape index (κ2) is 7.89. The van der Waals surface area contributed by atoms with E-state index >= 15 is 0 Å². The van der Waals surface area contributed by atoms with E-state index in [4.69, 9.17) is 23.9 Å². The number of hydrogen-bond acceptors (Lipinski definition) is 6. The Morgan fingerprint density at radius 3 is 2.58 bits per heavy atom. The standard InChI is InChI=1S/C25H20N2O3S/c1-15-8-10-18-24(12-15)31-25(26-18)27-19-14-22(30-20-7-5-4-6-17(19)20)16-9-11-21(28-2)23(13-16)29-3/h4-14H,1-3H3. The molecule has 0 bridgehead atoms. The summed E-state index contributed by atoms with van der Waals surface area (Å²) < 4.78 is 18.1. The Balaban J connectivity index is 1.71. The van der Waals surface area contributed by atoms with E-state index in [1.165, 1.54) is 5.56 Å². The van der Waals surface area contributed by atoms with Crippen LogP contribution in [-0.4, -0.2) is 19.2 Å². The van der Waals surface area contributed by atoms with Crippen LogP contribution in [0.2, 0.25) is 0 Å². The largest absolute Gasteiger partial charge is 0.493 e. The predicted molar refractivity (Wildman–Crippen MR) is 124 cm³/mol. The number of aryl methyl sites for hydroxylation is 1. The molecule has 0 radical (unpaired) electrons. The summed E-state index contributed by atoms with van der Waals surface area (Å²) in [6, 6.07) is 21.8. The Hall–Kier alpha value is -3.64. The van der Waals surface area contributed by atoms with Gasteiger partial charge in [-0.25, -0.2) is 9.98 Å². The fourth-order valence-electron chi connectivity index (χ4n) is 3.51. The molecule has 0 aliphatic heterocycles. The van der Waals surface area contributed by atoms with Crippen molar-refractivity contribution in [2.45, 2.75) is 6.92 Å². The summed E-state index contributed by atoms with van der Waals surface area (Å²) >= 11 is 1.58. The summed E-state index contributed by atoms with van der Waals surface area (Å²) in [6.07, 6.45) is 0. The molecule has 154 valence electrons. The lowest BCUT2D eigenvalue weighted by Gasteiger charge is -2.10. The van der Waals surface area contributed by atoms with Crippen LogP contribution in [-0.2, 0) is 0 Å². The first-order chi connectivity index (χ1) is 15.1. The number of aromatic nitrogens is 1. The molecule has 31 heavy (non-hydrogen) atoms. The summed E-state index contributed by atoms with van der Waals surface area (Å²) in [7, 11) is 3.24. The van der Waals surface area contributed by atoms with Gasteiger partial charge in [-0.05, 0) is 55.0 Å². The van der Waals surface area contributed by atoms with E-state index in [9.17, 15) is 0 Å². The van der Waals surface area contributed by atoms with Crippen molar-refractivity contribution in [1.82, 2.24) is 4.98 Å². The van der Waals surface area contributed by atoms with Gasteiger partial charge in [0.15, 0.2) is 11.5 Å². The van der Waals surface area contributed by atoms with Crippen LogP contribution < -0.4 is 14.8 Å². The van der Waals surface area contributed by atoms with Crippen LogP contribution in [0, 0.1) is 6.92 Å². The minimum absolute atomic E-state index is 0.642. The molecule has 5 aromatic rings. The maximum atomic E-state index is 6.20. The normalized spacial score (nSPS) is 11.9. The summed E-state index contributed by atoms with van der Waals surface area (Å²) in [6.45, 7) is 2.08. The van der Waals surface area contributed by atoms with E-state index in [1.54, 1.807) is 25.6 Å². The van der Waals surface area contributed by atoms with Crippen molar-refractivity contribution in [2.24, 2.45) is 4.99 Å². The predicted octanol–water partition coefficient (Wildman–Crippen LogP) is 6.27. The SMILES string of the molecule is COc1ccc(-c2cc(=Nc3nc4ccc(C)cc4s3)c3ccccc3o2)cc1OC. The van der Waals surface area contributed by atoms with E-state index in [0.29, 0.717) is 17.3 Å². The lowest BCUT2D eigenvalue weighted by atomic mass is 10.1. The zero-order valence-electron chi connectivity index (χ0n) is 17.4. The smallest absolute Gasteiger partial charge is 0.210 e. The molecule has 0 unspecified atom stereocenters. The zero-order chi connectivity index (χ0) is 21.4. The molecule has 0 saturated carbocycles. The number of nitrogens with zero attached hydrogens (tertiary/aromatic N) is 2. The van der Waals surface area contributed by atoms with Crippen molar-refractivity contribution in [3.8, 4) is 22.8 Å². The molecule has 6 heteroatoms. The highest BCUT2D eigenvalue weighted by molar-refractivity contribution is 7.21. The van der Waals surface area contributed by atoms with Crippen LogP contribution in [0.25, 0.3) is 32.5 Å². The molecular formula is C25H20N2O3S. The monoisotopic (exact) mass is 428 g/mol. The highest BCUT2D eigenvalue weighted by atomic mass is 32.1. The fraction of sp³-hybridized carbons (Fsp3) is 0.120. The van der Waals surface area contributed by atoms with Gasteiger partial charge in [-0.3, -0.25) is 0 Å². The summed E-state index contributed by atoms with van der Waals surface area (Å²) in [5.74, 6) is 2.00. The van der Waals surface area contributed by atoms with Gasteiger partial charge >= 0.3 is 0 Å². The molecule has 0 fully saturated rings. The van der Waals surface area contributed by atoms with Gasteiger partial charge in [0.05, 0.1) is 29.8 Å². The lowest BCUT2D eigenvalue weighted by Crippen LogP contribution is -2.03. The second-order valence-corrected chi connectivity index (χ2v) is 8.15. The molecular weight excluding hydrogens is 408 g/mol. The van der Waals surface area contributed by atoms with Crippen molar-refractivity contribution in [3.05, 3.63) is 77.7 Å². The number of para-hydroxylation sites is 1. The van der Waals surface area contributed by atoms with Gasteiger partial charge in [-0.1, -0.05) is 29.5 Å². The third-order valence-corrected chi connectivity index (χ3v) is 5.98. The van der Waals surface area contributed by atoms with Gasteiger partial charge in [0.2, 0.25) is 5.13 Å². The van der Waals surface area contributed by atoms with E-state index in [1.807, 2.05) is 54.6 Å². The molecule has 0 amide bonds. The van der Waals surface area contributed by atoms with Crippen molar-refractivity contribution < 1.29 is 13.9 Å². The van der Waals surface area contributed by atoms with Crippen LogP contribution in [0.4, 0.5) is 5.13 Å². The molecule has 5 rings (SSSR count). The summed E-state index contributed by atoms with van der Waals surface area (Å²) in [5, 5.41) is 2.46. The van der Waals surface area contributed by atoms with Crippen molar-refractivity contribution >= 4 is 37.7 Å². The number of rotatable bonds is 4. The number of ether oxygens (including phenoxy) is 2. The topological polar surface area (TPSA) is 56.9 Å². The van der Waals surface area contributed by atoms with Crippen LogP contribution in [0.15, 0.2) is 76.1 Å². The number of benzene rings is 3. The maximum absolute atomic E-state index is 6.20. The zero-order valence-corrected chi connectivity index (χ0v) is 18.2. The van der Waals surface area contributed by atoms with Crippen LogP contribution in [0.3, 0.4) is 0 Å². The van der Waals surface area contributed by atoms with Gasteiger partial charge in [-0.15, -0.1) is 0 Å². The first-order valence-corrected chi connectivity index (χ1v) is 10.6. The average molecular weight is 429 g/mol. The summed E-state index contributed by atoms with van der Waals surface area (Å²) in [4.78, 5) is 9.58. The lowest BCUT2D eigenvalue weighted by molar-refractivity contribution is 0.355. The van der Waals surface area contributed by atoms with Crippen LogP contribution in [0.1, 0.15) is 5.56 Å². The Morgan fingerprint density at radius 2 is 1.74 bits per heavy atom. The number of methoxy groups -OCH3 is 2. The Kier molecular flexibility index (Phi) is 4.92. The van der Waals surface area contributed by atoms with Crippen LogP contribution in [0.5, 0.6) is 11.5 Å². The van der Waals surface area contributed by atoms with Crippen molar-refractivity contribution in [2.75, 3.05) is 14.2 Å². The minimum Gasteiger partial charge on any atom is -0.493 e. The third kappa shape index (κ3) is 3.66. The highest BCUT2D eigenvalue weighted by Crippen LogP contribution is 2.33. The van der Waals surface area contributed by atoms with E-state index in [-0.39, 0.29) is 0 Å². The molecule has 2 heterocycles. The fourth-order valence-corrected chi connectivity index (χ4v) is 4.46. The number of thiazole rings is 1. The van der Waals surface area contributed by atoms with Gasteiger partial charge in [0, 0.05) is 17.0 Å². The van der Waals surface area contributed by atoms with Gasteiger partial charge in [0.1, 0.15) is 11.3 Å². The highest BCUT2D eigenvalue weighted by Gasteiger charge is 2.11. The first kappa shape index (κ1) is 19.3. The molecule has 2 aromatic heterocycles. The van der Waals surface area contributed by atoms with Gasteiger partial charge in [-0.2, -0.15) is 0 Å². The maximum Gasteiger partial charge on any atom is 0.210 e. The van der Waals surface area contributed by atoms with E-state index in [2.05, 4.69) is 19.1 Å². The molecule has 0 aliphatic rings. The second-order valence-electron chi connectivity index (χ2n) is 7.14. The van der Waals surface area contributed by atoms with Crippen molar-refractivity contribution in [3.63, 3.8) is 0 Å². The Labute approximate surface area is 183 Å². The number of hydrogen-bond donors (Lipinski definition) is 0. The molecule has 3 aromatic carbocycles. The summed E-state index contributed by atoms with van der Waals surface area (Å²) in [5.41, 5.74) is 3.80. The van der Waals surface area contributed by atoms with E-state index < -0.39 is 0 Å². The quantitative estimate of drug-likeness (QED) is 0.339. The average Bonchev–Trinajstić information content (AvgIpc) is 3.19. The molecule has 0 spiro atoms.